The highest BCUT2D eigenvalue weighted by molar-refractivity contribution is 5.40. The molecular weight excluding hydrogens is 319 g/mol. The third kappa shape index (κ3) is 3.93. The Bertz CT molecular complexity index is 687. The highest BCUT2D eigenvalue weighted by Crippen LogP contribution is 2.28. The molecule has 1 aliphatic rings. The van der Waals surface area contributed by atoms with Crippen LogP contribution in [0.5, 0.6) is 0 Å². The largest absolute Gasteiger partial charge is 0.435 e. The molecule has 1 saturated heterocycles. The highest BCUT2D eigenvalue weighted by Gasteiger charge is 2.33. The normalized spacial score (nSPS) is 18.0. The molecule has 0 saturated carbocycles. The van der Waals surface area contributed by atoms with Crippen LogP contribution in [-0.2, 0) is 6.18 Å². The number of halogens is 3. The van der Waals surface area contributed by atoms with Crippen molar-refractivity contribution in [2.24, 2.45) is 5.92 Å². The summed E-state index contributed by atoms with van der Waals surface area (Å²) in [5.41, 5.74) is -0.0118. The standard InChI is InChI=1S/C16H18F3N5/c1-11-3-2-4-14(21-11)20-9-12-7-8-24(10-12)15-6-5-13(22-23-15)16(17,18)19/h2-6,12H,7-10H2,1H3,(H,20,21)/t12-/m1/s1. The Labute approximate surface area is 137 Å². The molecule has 0 radical (unpaired) electrons. The maximum atomic E-state index is 12.5. The molecule has 0 spiro atoms. The number of alkyl halides is 3. The minimum Gasteiger partial charge on any atom is -0.370 e. The van der Waals surface area contributed by atoms with E-state index in [-0.39, 0.29) is 0 Å². The molecule has 1 N–H and O–H groups in total. The van der Waals surface area contributed by atoms with Crippen LogP contribution in [0.4, 0.5) is 24.8 Å². The lowest BCUT2D eigenvalue weighted by molar-refractivity contribution is -0.141. The van der Waals surface area contributed by atoms with Crippen molar-refractivity contribution >= 4 is 11.6 Å². The molecule has 3 rings (SSSR count). The number of nitrogens with one attached hydrogen (secondary N) is 1. The van der Waals surface area contributed by atoms with Crippen molar-refractivity contribution in [3.63, 3.8) is 0 Å². The van der Waals surface area contributed by atoms with Gasteiger partial charge in [0, 0.05) is 25.3 Å². The second-order valence-corrected chi connectivity index (χ2v) is 5.92. The Morgan fingerprint density at radius 2 is 2.04 bits per heavy atom. The van der Waals surface area contributed by atoms with Crippen LogP contribution in [0, 0.1) is 12.8 Å². The molecule has 5 nitrogen and oxygen atoms in total. The van der Waals surface area contributed by atoms with E-state index in [4.69, 9.17) is 0 Å². The first-order valence-corrected chi connectivity index (χ1v) is 7.75. The van der Waals surface area contributed by atoms with E-state index in [1.54, 1.807) is 0 Å². The van der Waals surface area contributed by atoms with Crippen molar-refractivity contribution in [1.82, 2.24) is 15.2 Å². The van der Waals surface area contributed by atoms with Gasteiger partial charge < -0.3 is 10.2 Å². The van der Waals surface area contributed by atoms with E-state index in [2.05, 4.69) is 20.5 Å². The number of rotatable bonds is 4. The second kappa shape index (κ2) is 6.62. The summed E-state index contributed by atoms with van der Waals surface area (Å²) in [5.74, 6) is 1.71. The van der Waals surface area contributed by atoms with Crippen LogP contribution in [0.3, 0.4) is 0 Å². The maximum absolute atomic E-state index is 12.5. The van der Waals surface area contributed by atoms with Gasteiger partial charge in [0.25, 0.3) is 0 Å². The SMILES string of the molecule is Cc1cccc(NC[C@H]2CCN(c3ccc(C(F)(F)F)nn3)C2)n1. The fourth-order valence-electron chi connectivity index (χ4n) is 2.74. The zero-order valence-electron chi connectivity index (χ0n) is 13.2. The van der Waals surface area contributed by atoms with Gasteiger partial charge in [-0.05, 0) is 43.5 Å². The molecule has 1 atom stereocenters. The predicted molar refractivity (Wildman–Crippen MR) is 84.8 cm³/mol. The number of hydrogen-bond acceptors (Lipinski definition) is 5. The van der Waals surface area contributed by atoms with Crippen molar-refractivity contribution in [2.75, 3.05) is 29.9 Å². The third-order valence-corrected chi connectivity index (χ3v) is 4.01. The van der Waals surface area contributed by atoms with E-state index in [0.717, 1.165) is 43.6 Å². The van der Waals surface area contributed by atoms with Gasteiger partial charge in [0.1, 0.15) is 5.82 Å². The fourth-order valence-corrected chi connectivity index (χ4v) is 2.74. The number of nitrogens with zero attached hydrogens (tertiary/aromatic N) is 4. The summed E-state index contributed by atoms with van der Waals surface area (Å²) in [6, 6.07) is 8.16. The molecule has 3 heterocycles. The van der Waals surface area contributed by atoms with E-state index >= 15 is 0 Å². The summed E-state index contributed by atoms with van der Waals surface area (Å²) in [6.07, 6.45) is -3.51. The van der Waals surface area contributed by atoms with Crippen molar-refractivity contribution in [3.05, 3.63) is 41.7 Å². The number of aryl methyl sites for hydroxylation is 1. The van der Waals surface area contributed by atoms with Crippen molar-refractivity contribution < 1.29 is 13.2 Å². The lowest BCUT2D eigenvalue weighted by atomic mass is 10.1. The van der Waals surface area contributed by atoms with Crippen LogP contribution < -0.4 is 10.2 Å². The molecule has 8 heteroatoms. The molecule has 0 unspecified atom stereocenters. The predicted octanol–water partition coefficient (Wildman–Crippen LogP) is 3.14. The van der Waals surface area contributed by atoms with Crippen molar-refractivity contribution in [2.45, 2.75) is 19.5 Å². The summed E-state index contributed by atoms with van der Waals surface area (Å²) >= 11 is 0. The number of pyridine rings is 1. The molecule has 2 aromatic heterocycles. The molecule has 128 valence electrons. The summed E-state index contributed by atoms with van der Waals surface area (Å²) in [6.45, 7) is 4.19. The number of aromatic nitrogens is 3. The van der Waals surface area contributed by atoms with Gasteiger partial charge in [0.05, 0.1) is 0 Å². The fraction of sp³-hybridized carbons (Fsp3) is 0.438. The quantitative estimate of drug-likeness (QED) is 0.929. The van der Waals surface area contributed by atoms with Crippen molar-refractivity contribution in [3.8, 4) is 0 Å². The highest BCUT2D eigenvalue weighted by atomic mass is 19.4. The molecule has 0 amide bonds. The van der Waals surface area contributed by atoms with Gasteiger partial charge in [0.2, 0.25) is 0 Å². The topological polar surface area (TPSA) is 53.9 Å². The van der Waals surface area contributed by atoms with E-state index in [1.165, 1.54) is 6.07 Å². The van der Waals surface area contributed by atoms with E-state index in [9.17, 15) is 13.2 Å². The van der Waals surface area contributed by atoms with Crippen LogP contribution >= 0.6 is 0 Å². The Morgan fingerprint density at radius 3 is 2.71 bits per heavy atom. The summed E-state index contributed by atoms with van der Waals surface area (Å²) in [5, 5.41) is 10.3. The van der Waals surface area contributed by atoms with Crippen molar-refractivity contribution in [1.29, 1.82) is 0 Å². The Kier molecular flexibility index (Phi) is 4.55. The molecule has 2 aromatic rings. The summed E-state index contributed by atoms with van der Waals surface area (Å²) in [4.78, 5) is 6.35. The average molecular weight is 337 g/mol. The van der Waals surface area contributed by atoms with Crippen LogP contribution in [0.1, 0.15) is 17.8 Å². The lowest BCUT2D eigenvalue weighted by Gasteiger charge is -2.17. The third-order valence-electron chi connectivity index (χ3n) is 4.01. The van der Waals surface area contributed by atoms with Crippen LogP contribution in [0.2, 0.25) is 0 Å². The summed E-state index contributed by atoms with van der Waals surface area (Å²) < 4.78 is 37.6. The molecule has 24 heavy (non-hydrogen) atoms. The van der Waals surface area contributed by atoms with E-state index in [1.807, 2.05) is 30.0 Å². The Morgan fingerprint density at radius 1 is 1.21 bits per heavy atom. The van der Waals surface area contributed by atoms with Gasteiger partial charge in [-0.25, -0.2) is 4.98 Å². The van der Waals surface area contributed by atoms with Crippen LogP contribution in [-0.4, -0.2) is 34.8 Å². The van der Waals surface area contributed by atoms with Gasteiger partial charge in [-0.1, -0.05) is 6.07 Å². The maximum Gasteiger partial charge on any atom is 0.435 e. The first-order valence-electron chi connectivity index (χ1n) is 7.75. The molecular formula is C16H18F3N5. The minimum atomic E-state index is -4.45. The van der Waals surface area contributed by atoms with Crippen LogP contribution in [0.25, 0.3) is 0 Å². The smallest absolute Gasteiger partial charge is 0.370 e. The summed E-state index contributed by atoms with van der Waals surface area (Å²) in [7, 11) is 0. The average Bonchev–Trinajstić information content (AvgIpc) is 3.01. The molecule has 1 fully saturated rings. The van der Waals surface area contributed by atoms with E-state index < -0.39 is 11.9 Å². The number of anilines is 2. The Hall–Kier alpha value is -2.38. The Balaban J connectivity index is 1.55. The van der Waals surface area contributed by atoms with Crippen LogP contribution in [0.15, 0.2) is 30.3 Å². The monoisotopic (exact) mass is 337 g/mol. The van der Waals surface area contributed by atoms with Gasteiger partial charge in [-0.15, -0.1) is 10.2 Å². The molecule has 0 aromatic carbocycles. The van der Waals surface area contributed by atoms with Gasteiger partial charge in [0.15, 0.2) is 11.5 Å². The first-order chi connectivity index (χ1) is 11.4. The van der Waals surface area contributed by atoms with Gasteiger partial charge in [-0.3, -0.25) is 0 Å². The minimum absolute atomic E-state index is 0.386. The molecule has 1 aliphatic heterocycles. The van der Waals surface area contributed by atoms with Gasteiger partial charge >= 0.3 is 6.18 Å². The first kappa shape index (κ1) is 16.5. The van der Waals surface area contributed by atoms with E-state index in [0.29, 0.717) is 11.7 Å². The number of hydrogen-bond donors (Lipinski definition) is 1. The second-order valence-electron chi connectivity index (χ2n) is 5.92. The zero-order chi connectivity index (χ0) is 17.2. The molecule has 0 bridgehead atoms. The lowest BCUT2D eigenvalue weighted by Crippen LogP contribution is -2.24. The zero-order valence-corrected chi connectivity index (χ0v) is 13.2. The van der Waals surface area contributed by atoms with Gasteiger partial charge in [-0.2, -0.15) is 13.2 Å². The molecule has 0 aliphatic carbocycles.